The molecule has 0 heterocycles. The third kappa shape index (κ3) is 4.62. The van der Waals surface area contributed by atoms with Crippen LogP contribution in [0, 0.1) is 0 Å². The second-order valence-electron chi connectivity index (χ2n) is 1.35. The molecule has 0 aliphatic heterocycles. The summed E-state index contributed by atoms with van der Waals surface area (Å²) in [7, 11) is 4.82. The molecule has 0 aromatic carbocycles. The van der Waals surface area contributed by atoms with Crippen LogP contribution in [0.3, 0.4) is 0 Å². The molecule has 0 radical (unpaired) electrons. The summed E-state index contributed by atoms with van der Waals surface area (Å²) >= 11 is 0. The van der Waals surface area contributed by atoms with Crippen LogP contribution in [0.15, 0.2) is 0 Å². The molecule has 1 unspecified atom stereocenters. The summed E-state index contributed by atoms with van der Waals surface area (Å²) in [5, 5.41) is 0. The van der Waals surface area contributed by atoms with Gasteiger partial charge in [0, 0.05) is 0 Å². The van der Waals surface area contributed by atoms with Crippen LogP contribution in [-0.2, 0) is 0 Å². The van der Waals surface area contributed by atoms with Gasteiger partial charge in [-0.3, -0.25) is 0 Å². The van der Waals surface area contributed by atoms with Gasteiger partial charge >= 0.3 is 0 Å². The van der Waals surface area contributed by atoms with Crippen LogP contribution >= 0.6 is 8.46 Å². The number of hydrogen-bond acceptors (Lipinski definition) is 0. The first-order valence-electron chi connectivity index (χ1n) is 2.62. The van der Waals surface area contributed by atoms with Crippen molar-refractivity contribution in [3.8, 4) is 0 Å². The summed E-state index contributed by atoms with van der Waals surface area (Å²) in [6.45, 7) is 3.69. The molecule has 0 N–H and O–H groups in total. The van der Waals surface area contributed by atoms with Gasteiger partial charge in [-0.2, -0.15) is 8.46 Å². The quantitative estimate of drug-likeness (QED) is 0.239. The predicted octanol–water partition coefficient (Wildman–Crippen LogP) is -1.06. The van der Waals surface area contributed by atoms with E-state index in [1.807, 2.05) is 0 Å². The standard InChI is InChI=1S/C2H10B3P/c1-2-6-5-4-3/h4-6H,2-3H2,1H3. The van der Waals surface area contributed by atoms with Crippen molar-refractivity contribution in [2.45, 2.75) is 6.92 Å². The fourth-order valence-corrected chi connectivity index (χ4v) is 1.06. The van der Waals surface area contributed by atoms with Crippen molar-refractivity contribution in [1.29, 1.82) is 0 Å². The smallest absolute Gasteiger partial charge is 0.105 e. The van der Waals surface area contributed by atoms with E-state index in [4.69, 9.17) is 0 Å². The summed E-state index contributed by atoms with van der Waals surface area (Å²) in [6.07, 6.45) is 1.38. The third-order valence-corrected chi connectivity index (χ3v) is 2.03. The zero-order chi connectivity index (χ0) is 4.83. The Hall–Kier alpha value is 0.625. The average molecular weight is 97.5 g/mol. The van der Waals surface area contributed by atoms with Gasteiger partial charge in [-0.1, -0.05) is 6.92 Å². The van der Waals surface area contributed by atoms with Crippen molar-refractivity contribution in [3.05, 3.63) is 0 Å². The van der Waals surface area contributed by atoms with Crippen LogP contribution in [-0.4, -0.2) is 27.8 Å². The molecule has 1 atom stereocenters. The van der Waals surface area contributed by atoms with E-state index >= 15 is 0 Å². The van der Waals surface area contributed by atoms with Crippen LogP contribution < -0.4 is 0 Å². The van der Waals surface area contributed by atoms with Gasteiger partial charge in [-0.15, -0.1) is 0 Å². The first kappa shape index (κ1) is 6.62. The fraction of sp³-hybridized carbons (Fsp3) is 1.00. The monoisotopic (exact) mass is 98.1 g/mol. The molecule has 0 nitrogen and oxygen atoms in total. The van der Waals surface area contributed by atoms with E-state index < -0.39 is 0 Å². The molecule has 0 aliphatic rings. The molecule has 6 heavy (non-hydrogen) atoms. The van der Waals surface area contributed by atoms with Crippen LogP contribution in [0.5, 0.6) is 0 Å². The van der Waals surface area contributed by atoms with Crippen LogP contribution in [0.1, 0.15) is 6.92 Å². The maximum Gasteiger partial charge on any atom is 0.105 e. The lowest BCUT2D eigenvalue weighted by Crippen LogP contribution is -1.95. The first-order chi connectivity index (χ1) is 2.91. The molecular formula is C2H10B3P. The van der Waals surface area contributed by atoms with E-state index in [0.717, 1.165) is 0 Å². The van der Waals surface area contributed by atoms with Gasteiger partial charge < -0.3 is 0 Å². The van der Waals surface area contributed by atoms with Crippen molar-refractivity contribution in [2.75, 3.05) is 6.16 Å². The zero-order valence-corrected chi connectivity index (χ0v) is 5.62. The minimum Gasteiger partial charge on any atom is -0.169 e. The van der Waals surface area contributed by atoms with Gasteiger partial charge in [0.1, 0.15) is 6.89 Å². The Morgan fingerprint density at radius 1 is 1.83 bits per heavy atom. The molecule has 0 bridgehead atoms. The highest BCUT2D eigenvalue weighted by atomic mass is 31.1. The maximum atomic E-state index is 2.24. The van der Waals surface area contributed by atoms with Gasteiger partial charge in [0.05, 0.1) is 14.8 Å². The summed E-state index contributed by atoms with van der Waals surface area (Å²) in [4.78, 5) is 0. The van der Waals surface area contributed by atoms with E-state index in [2.05, 4.69) is 14.7 Å². The van der Waals surface area contributed by atoms with Gasteiger partial charge in [0.15, 0.2) is 0 Å². The largest absolute Gasteiger partial charge is 0.169 e. The topological polar surface area (TPSA) is 0 Å². The molecule has 0 saturated carbocycles. The minimum absolute atomic E-state index is 1.21. The second kappa shape index (κ2) is 5.62. The Morgan fingerprint density at radius 2 is 2.50 bits per heavy atom. The third-order valence-electron chi connectivity index (χ3n) is 0.677. The molecule has 0 spiro atoms. The first-order valence-corrected chi connectivity index (χ1v) is 4.04. The Kier molecular flexibility index (Phi) is 6.21. The maximum absolute atomic E-state index is 2.24. The van der Waals surface area contributed by atoms with E-state index in [-0.39, 0.29) is 0 Å². The Balaban J connectivity index is 2.34. The summed E-state index contributed by atoms with van der Waals surface area (Å²) < 4.78 is 0. The van der Waals surface area contributed by atoms with Gasteiger partial charge in [-0.25, -0.2) is 0 Å². The predicted molar refractivity (Wildman–Crippen MR) is 41.7 cm³/mol. The number of rotatable bonds is 3. The molecule has 0 amide bonds. The van der Waals surface area contributed by atoms with Crippen molar-refractivity contribution in [3.63, 3.8) is 0 Å². The van der Waals surface area contributed by atoms with Crippen molar-refractivity contribution in [1.82, 2.24) is 0 Å². The van der Waals surface area contributed by atoms with E-state index in [9.17, 15) is 0 Å². The molecule has 0 aromatic heterocycles. The summed E-state index contributed by atoms with van der Waals surface area (Å²) in [6, 6.07) is 0. The average Bonchev–Trinajstić information content (AvgIpc) is 1.61. The molecule has 4 heteroatoms. The lowest BCUT2D eigenvalue weighted by molar-refractivity contribution is 1.53. The SMILES string of the molecule is BBBPCC. The lowest BCUT2D eigenvalue weighted by Gasteiger charge is -1.83. The Morgan fingerprint density at radius 3 is 2.67 bits per heavy atom. The van der Waals surface area contributed by atoms with Crippen LogP contribution in [0.2, 0.25) is 0 Å². The Bertz CT molecular complexity index is 20.8. The highest BCUT2D eigenvalue weighted by Crippen LogP contribution is 2.00. The normalized spacial score (nSPS) is 9.50. The lowest BCUT2D eigenvalue weighted by atomic mass is 9.39. The van der Waals surface area contributed by atoms with E-state index in [1.54, 1.807) is 0 Å². The Labute approximate surface area is 44.1 Å². The molecule has 0 rings (SSSR count). The summed E-state index contributed by atoms with van der Waals surface area (Å²) in [5.41, 5.74) is 0. The molecular weight excluding hydrogens is 87.4 g/mol. The van der Waals surface area contributed by atoms with Crippen molar-refractivity contribution >= 4 is 30.1 Å². The fourth-order valence-electron chi connectivity index (χ4n) is 0.354. The number of hydrogen-bond donors (Lipinski definition) is 0. The van der Waals surface area contributed by atoms with Crippen molar-refractivity contribution in [2.24, 2.45) is 0 Å². The van der Waals surface area contributed by atoms with E-state index in [0.29, 0.717) is 0 Å². The zero-order valence-electron chi connectivity index (χ0n) is 4.62. The second-order valence-corrected chi connectivity index (χ2v) is 3.06. The van der Waals surface area contributed by atoms with Gasteiger partial charge in [-0.05, 0) is 6.16 Å². The van der Waals surface area contributed by atoms with Crippen LogP contribution in [0.4, 0.5) is 0 Å². The van der Waals surface area contributed by atoms with E-state index in [1.165, 1.54) is 28.6 Å². The minimum atomic E-state index is 1.21. The highest BCUT2D eigenvalue weighted by Gasteiger charge is 1.80. The highest BCUT2D eigenvalue weighted by molar-refractivity contribution is 7.82. The summed E-state index contributed by atoms with van der Waals surface area (Å²) in [5.74, 6) is 0. The molecule has 0 saturated heterocycles. The molecule has 0 aliphatic carbocycles. The van der Waals surface area contributed by atoms with Gasteiger partial charge in [0.2, 0.25) is 0 Å². The molecule has 0 fully saturated rings. The van der Waals surface area contributed by atoms with Crippen molar-refractivity contribution < 1.29 is 0 Å². The molecule has 0 aromatic rings. The van der Waals surface area contributed by atoms with Gasteiger partial charge in [0.25, 0.3) is 0 Å². The molecule has 32 valence electrons. The van der Waals surface area contributed by atoms with Crippen LogP contribution in [0.25, 0.3) is 0 Å².